The normalized spacial score (nSPS) is 10.3. The highest BCUT2D eigenvalue weighted by Gasteiger charge is 2.19. The Morgan fingerprint density at radius 1 is 1.50 bits per heavy atom. The van der Waals surface area contributed by atoms with Crippen LogP contribution in [0, 0.1) is 6.92 Å². The van der Waals surface area contributed by atoms with Gasteiger partial charge >= 0.3 is 0 Å². The molecular formula is C10H16N2OS. The lowest BCUT2D eigenvalue weighted by Gasteiger charge is -2.10. The molecule has 0 saturated carbocycles. The van der Waals surface area contributed by atoms with Crippen LogP contribution < -0.4 is 5.73 Å². The number of carbonyl (C=O) groups excluding carboxylic acids is 1. The summed E-state index contributed by atoms with van der Waals surface area (Å²) < 4.78 is 0. The fourth-order valence-electron chi connectivity index (χ4n) is 1.41. The molecule has 2 N–H and O–H groups in total. The summed E-state index contributed by atoms with van der Waals surface area (Å²) in [7, 11) is 3.48. The number of nitrogens with two attached hydrogens (primary N) is 1. The van der Waals surface area contributed by atoms with E-state index in [4.69, 9.17) is 5.73 Å². The van der Waals surface area contributed by atoms with Crippen molar-refractivity contribution in [3.63, 3.8) is 0 Å². The van der Waals surface area contributed by atoms with Gasteiger partial charge in [-0.15, -0.1) is 11.3 Å². The molecule has 0 aliphatic carbocycles. The summed E-state index contributed by atoms with van der Waals surface area (Å²) in [6, 6.07) is 0. The van der Waals surface area contributed by atoms with Crippen LogP contribution in [0.2, 0.25) is 0 Å². The van der Waals surface area contributed by atoms with Crippen LogP contribution in [0.25, 0.3) is 0 Å². The number of carbonyl (C=O) groups is 1. The van der Waals surface area contributed by atoms with E-state index in [2.05, 4.69) is 6.92 Å². The summed E-state index contributed by atoms with van der Waals surface area (Å²) in [5, 5.41) is 0.637. The summed E-state index contributed by atoms with van der Waals surface area (Å²) in [5.74, 6) is -0.00375. The fourth-order valence-corrected chi connectivity index (χ4v) is 2.42. The van der Waals surface area contributed by atoms with Gasteiger partial charge in [0, 0.05) is 19.0 Å². The van der Waals surface area contributed by atoms with Crippen LogP contribution in [0.1, 0.15) is 27.7 Å². The number of nitrogens with zero attached hydrogens (tertiary/aromatic N) is 1. The van der Waals surface area contributed by atoms with Gasteiger partial charge in [-0.25, -0.2) is 0 Å². The van der Waals surface area contributed by atoms with Crippen LogP contribution in [-0.2, 0) is 6.42 Å². The summed E-state index contributed by atoms with van der Waals surface area (Å²) in [5.41, 5.74) is 7.54. The van der Waals surface area contributed by atoms with Gasteiger partial charge in [0.1, 0.15) is 0 Å². The molecule has 78 valence electrons. The molecule has 3 nitrogen and oxygen atoms in total. The number of hydrogen-bond acceptors (Lipinski definition) is 3. The molecule has 0 aliphatic heterocycles. The number of anilines is 1. The molecule has 1 aromatic heterocycles. The molecule has 1 rings (SSSR count). The number of rotatable bonds is 2. The van der Waals surface area contributed by atoms with Gasteiger partial charge in [0.25, 0.3) is 5.91 Å². The van der Waals surface area contributed by atoms with Crippen molar-refractivity contribution in [1.29, 1.82) is 0 Å². The van der Waals surface area contributed by atoms with Gasteiger partial charge in [0.05, 0.1) is 10.6 Å². The smallest absolute Gasteiger partial charge is 0.256 e. The first kappa shape index (κ1) is 11.0. The topological polar surface area (TPSA) is 46.3 Å². The summed E-state index contributed by atoms with van der Waals surface area (Å²) in [6.45, 7) is 4.03. The Kier molecular flexibility index (Phi) is 3.16. The molecule has 0 fully saturated rings. The minimum Gasteiger partial charge on any atom is -0.390 e. The van der Waals surface area contributed by atoms with E-state index in [0.717, 1.165) is 12.0 Å². The van der Waals surface area contributed by atoms with Gasteiger partial charge in [-0.3, -0.25) is 4.79 Å². The largest absolute Gasteiger partial charge is 0.390 e. The highest BCUT2D eigenvalue weighted by atomic mass is 32.1. The number of nitrogen functional groups attached to an aromatic ring is 1. The zero-order chi connectivity index (χ0) is 10.9. The minimum atomic E-state index is -0.00375. The Morgan fingerprint density at radius 3 is 2.43 bits per heavy atom. The Balaban J connectivity index is 3.21. The molecule has 0 aliphatic rings. The third kappa shape index (κ3) is 1.75. The minimum absolute atomic E-state index is 0.00375. The molecule has 14 heavy (non-hydrogen) atoms. The second-order valence-electron chi connectivity index (χ2n) is 3.44. The predicted molar refractivity (Wildman–Crippen MR) is 60.9 cm³/mol. The third-order valence-electron chi connectivity index (χ3n) is 2.21. The molecule has 1 aromatic rings. The molecule has 0 aromatic carbocycles. The Morgan fingerprint density at radius 2 is 2.07 bits per heavy atom. The van der Waals surface area contributed by atoms with E-state index in [0.29, 0.717) is 10.6 Å². The van der Waals surface area contributed by atoms with E-state index < -0.39 is 0 Å². The molecule has 1 heterocycles. The van der Waals surface area contributed by atoms with Crippen LogP contribution in [0.15, 0.2) is 0 Å². The van der Waals surface area contributed by atoms with Crippen LogP contribution in [0.5, 0.6) is 0 Å². The number of aryl methyl sites for hydroxylation is 1. The Labute approximate surface area is 88.5 Å². The Hall–Kier alpha value is -1.03. The monoisotopic (exact) mass is 212 g/mol. The SMILES string of the molecule is CCc1sc(N)c(C(=O)N(C)C)c1C. The van der Waals surface area contributed by atoms with Gasteiger partial charge < -0.3 is 10.6 Å². The maximum absolute atomic E-state index is 11.8. The highest BCUT2D eigenvalue weighted by Crippen LogP contribution is 2.31. The van der Waals surface area contributed by atoms with Gasteiger partial charge in [-0.2, -0.15) is 0 Å². The molecule has 1 amide bonds. The van der Waals surface area contributed by atoms with E-state index in [9.17, 15) is 4.79 Å². The predicted octanol–water partition coefficient (Wildman–Crippen LogP) is 1.90. The first-order valence-electron chi connectivity index (χ1n) is 4.58. The molecule has 0 spiro atoms. The van der Waals surface area contributed by atoms with E-state index in [-0.39, 0.29) is 5.91 Å². The van der Waals surface area contributed by atoms with Gasteiger partial charge in [-0.05, 0) is 18.9 Å². The van der Waals surface area contributed by atoms with E-state index in [1.54, 1.807) is 19.0 Å². The van der Waals surface area contributed by atoms with Crippen LogP contribution in [0.3, 0.4) is 0 Å². The van der Waals surface area contributed by atoms with Crippen LogP contribution in [-0.4, -0.2) is 24.9 Å². The second-order valence-corrected chi connectivity index (χ2v) is 4.58. The standard InChI is InChI=1S/C10H16N2OS/c1-5-7-6(2)8(9(11)14-7)10(13)12(3)4/h5,11H2,1-4H3. The van der Waals surface area contributed by atoms with Crippen molar-refractivity contribution in [3.05, 3.63) is 16.0 Å². The van der Waals surface area contributed by atoms with Gasteiger partial charge in [-0.1, -0.05) is 6.92 Å². The van der Waals surface area contributed by atoms with Crippen molar-refractivity contribution in [2.45, 2.75) is 20.3 Å². The van der Waals surface area contributed by atoms with E-state index in [1.165, 1.54) is 16.2 Å². The molecule has 0 radical (unpaired) electrons. The molecule has 0 bridgehead atoms. The van der Waals surface area contributed by atoms with Crippen molar-refractivity contribution >= 4 is 22.2 Å². The zero-order valence-electron chi connectivity index (χ0n) is 9.05. The first-order valence-corrected chi connectivity index (χ1v) is 5.40. The number of hydrogen-bond donors (Lipinski definition) is 1. The summed E-state index contributed by atoms with van der Waals surface area (Å²) in [4.78, 5) is 14.5. The number of thiophene rings is 1. The summed E-state index contributed by atoms with van der Waals surface area (Å²) >= 11 is 1.52. The quantitative estimate of drug-likeness (QED) is 0.814. The van der Waals surface area contributed by atoms with E-state index >= 15 is 0 Å². The van der Waals surface area contributed by atoms with Gasteiger partial charge in [0.15, 0.2) is 0 Å². The molecular weight excluding hydrogens is 196 g/mol. The van der Waals surface area contributed by atoms with Crippen molar-refractivity contribution in [2.75, 3.05) is 19.8 Å². The lowest BCUT2D eigenvalue weighted by Crippen LogP contribution is -2.22. The highest BCUT2D eigenvalue weighted by molar-refractivity contribution is 7.16. The third-order valence-corrected chi connectivity index (χ3v) is 3.48. The molecule has 0 atom stereocenters. The van der Waals surface area contributed by atoms with Crippen molar-refractivity contribution < 1.29 is 4.79 Å². The maximum atomic E-state index is 11.8. The molecule has 0 saturated heterocycles. The van der Waals surface area contributed by atoms with Crippen molar-refractivity contribution in [1.82, 2.24) is 4.90 Å². The van der Waals surface area contributed by atoms with Crippen LogP contribution >= 0.6 is 11.3 Å². The second kappa shape index (κ2) is 4.00. The van der Waals surface area contributed by atoms with Crippen molar-refractivity contribution in [3.8, 4) is 0 Å². The molecule has 0 unspecified atom stereocenters. The lowest BCUT2D eigenvalue weighted by molar-refractivity contribution is 0.0828. The average Bonchev–Trinajstić information content (AvgIpc) is 2.40. The molecule has 4 heteroatoms. The lowest BCUT2D eigenvalue weighted by atomic mass is 10.1. The first-order chi connectivity index (χ1) is 6.49. The van der Waals surface area contributed by atoms with Crippen molar-refractivity contribution in [2.24, 2.45) is 0 Å². The van der Waals surface area contributed by atoms with E-state index in [1.807, 2.05) is 6.92 Å². The Bertz CT molecular complexity index is 355. The average molecular weight is 212 g/mol. The fraction of sp³-hybridized carbons (Fsp3) is 0.500. The van der Waals surface area contributed by atoms with Gasteiger partial charge in [0.2, 0.25) is 0 Å². The zero-order valence-corrected chi connectivity index (χ0v) is 9.86. The van der Waals surface area contributed by atoms with Crippen LogP contribution in [0.4, 0.5) is 5.00 Å². The summed E-state index contributed by atoms with van der Waals surface area (Å²) in [6.07, 6.45) is 0.932. The number of amides is 1. The maximum Gasteiger partial charge on any atom is 0.256 e.